The summed E-state index contributed by atoms with van der Waals surface area (Å²) in [7, 11) is 0. The van der Waals surface area contributed by atoms with Gasteiger partial charge in [0.2, 0.25) is 0 Å². The Morgan fingerprint density at radius 3 is 1.25 bits per heavy atom. The second kappa shape index (κ2) is 1980000. The van der Waals surface area contributed by atoms with Crippen molar-refractivity contribution in [3.05, 3.63) is 0 Å². The molecule has 0 saturated carbocycles. The Bertz CT molecular complexity index is 8.00. The van der Waals surface area contributed by atoms with Gasteiger partial charge in [0.15, 0.2) is 0 Å². The molecule has 0 aliphatic rings. The van der Waals surface area contributed by atoms with E-state index in [-0.39, 0.29) is 0 Å². The molecule has 0 amide bonds. The molecule has 0 atom stereocenters. The first kappa shape index (κ1) is 9.00. The summed E-state index contributed by atoms with van der Waals surface area (Å²) >= 11 is 0.611. The van der Waals surface area contributed by atoms with Crippen molar-refractivity contribution >= 4 is 23.0 Å². The summed E-state index contributed by atoms with van der Waals surface area (Å²) in [6.07, 6.45) is 0. The van der Waals surface area contributed by atoms with Crippen LogP contribution in [0.1, 0.15) is 0 Å². The molecule has 0 aliphatic carbocycles. The molecule has 2 nitrogen and oxygen atoms in total. The van der Waals surface area contributed by atoms with Crippen molar-refractivity contribution in [2.75, 3.05) is 0 Å². The molecular weight excluding hydrogens is 71.0 g/mol. The molecule has 22 valence electrons. The maximum atomic E-state index is 8.28. The zero-order valence-electron chi connectivity index (χ0n) is 2.23. The van der Waals surface area contributed by atoms with Crippen LogP contribution in [0.2, 0.25) is 0 Å². The third-order valence-corrected chi connectivity index (χ3v) is 0. The predicted octanol–water partition coefficient (Wildman–Crippen LogP) is -0.952. The molecule has 0 radical (unpaired) electrons. The monoisotopic (exact) mass is 74.0 g/mol. The van der Waals surface area contributed by atoms with Gasteiger partial charge in [-0.2, -0.15) is 0 Å². The van der Waals surface area contributed by atoms with Gasteiger partial charge in [0.05, 0.1) is 0 Å². The third-order valence-electron chi connectivity index (χ3n) is 0. The number of hydrogen-bond acceptors (Lipinski definition) is 2. The topological polar surface area (TPSA) is 34.1 Å². The van der Waals surface area contributed by atoms with E-state index >= 15 is 0 Å². The summed E-state index contributed by atoms with van der Waals surface area (Å²) in [5.41, 5.74) is 0. The molecule has 0 rings (SSSR count). The fourth-order valence-corrected chi connectivity index (χ4v) is 0. The molecule has 0 aromatic carbocycles. The van der Waals surface area contributed by atoms with Crippen LogP contribution in [0, 0.1) is 0 Å². The first-order valence-electron chi connectivity index (χ1n) is 0.577. The van der Waals surface area contributed by atoms with Crippen molar-refractivity contribution in [2.24, 2.45) is 0 Å². The first-order valence-corrected chi connectivity index (χ1v) is 1.15. The molecule has 0 fully saturated rings. The molecular formula is CH3AlO2. The van der Waals surface area contributed by atoms with E-state index in [1.165, 1.54) is 0 Å². The zero-order valence-corrected chi connectivity index (χ0v) is 3.64. The Labute approximate surface area is 32.4 Å². The predicted molar refractivity (Wildman–Crippen MR) is 15.0 cm³/mol. The Kier molecular flexibility index (Phi) is 4450000. The Hall–Kier alpha value is 0.00247. The summed E-state index contributed by atoms with van der Waals surface area (Å²) in [6, 6.07) is 0. The normalized spacial score (nSPS) is 1.75. The van der Waals surface area contributed by atoms with Crippen LogP contribution in [0.3, 0.4) is 0 Å². The van der Waals surface area contributed by atoms with Gasteiger partial charge in [-0.05, 0) is 0 Å². The maximum absolute atomic E-state index is 8.28. The number of rotatable bonds is 0. The van der Waals surface area contributed by atoms with Crippen LogP contribution in [0.25, 0.3) is 0 Å². The summed E-state index contributed by atoms with van der Waals surface area (Å²) in [4.78, 5) is 8.00. The molecule has 4 heavy (non-hydrogen) atoms. The van der Waals surface area contributed by atoms with Gasteiger partial charge in [0, 0.05) is 0 Å². The Balaban J connectivity index is 0. The van der Waals surface area contributed by atoms with Gasteiger partial charge >= 0.3 is 20.0 Å². The van der Waals surface area contributed by atoms with Gasteiger partial charge < -0.3 is 4.79 Å². The minimum absolute atomic E-state index is 0.611. The van der Waals surface area contributed by atoms with Crippen LogP contribution < -0.4 is 0 Å². The van der Waals surface area contributed by atoms with Crippen LogP contribution in [0.4, 0.5) is 0 Å². The second-order valence-corrected chi connectivity index (χ2v) is 0. The summed E-state index contributed by atoms with van der Waals surface area (Å²) in [5.74, 6) is 0. The van der Waals surface area contributed by atoms with Gasteiger partial charge in [0.1, 0.15) is 6.79 Å². The van der Waals surface area contributed by atoms with Crippen LogP contribution in [-0.2, 0) is 8.60 Å². The van der Waals surface area contributed by atoms with E-state index in [4.69, 9.17) is 8.60 Å². The third kappa shape index (κ3) is 331000. The van der Waals surface area contributed by atoms with Crippen LogP contribution in [0.15, 0.2) is 0 Å². The first-order chi connectivity index (χ1) is 2.00. The van der Waals surface area contributed by atoms with Crippen molar-refractivity contribution in [3.63, 3.8) is 0 Å². The average Bonchev–Trinajstić information content (AvgIpc) is 1.50. The van der Waals surface area contributed by atoms with Gasteiger partial charge in [0.25, 0.3) is 0 Å². The standard InChI is InChI=1S/CH2O.Al.O.H/c1-2;;;/h1H2;;;. The molecule has 0 aliphatic heterocycles. The van der Waals surface area contributed by atoms with Gasteiger partial charge in [-0.3, -0.25) is 0 Å². The number of carbonyl (C=O) groups excluding carboxylic acids is 1. The van der Waals surface area contributed by atoms with Crippen molar-refractivity contribution in [2.45, 2.75) is 0 Å². The molecule has 0 heterocycles. The molecule has 0 spiro atoms. The van der Waals surface area contributed by atoms with Crippen molar-refractivity contribution in [1.82, 2.24) is 0 Å². The minimum atomic E-state index is 0.611. The summed E-state index contributed by atoms with van der Waals surface area (Å²) in [6.45, 7) is 2.00. The van der Waals surface area contributed by atoms with Crippen LogP contribution >= 0.6 is 0 Å². The van der Waals surface area contributed by atoms with Gasteiger partial charge in [-0.25, -0.2) is 0 Å². The van der Waals surface area contributed by atoms with Crippen LogP contribution in [-0.4, -0.2) is 23.0 Å². The van der Waals surface area contributed by atoms with E-state index in [1.807, 2.05) is 6.79 Å². The Morgan fingerprint density at radius 2 is 1.25 bits per heavy atom. The van der Waals surface area contributed by atoms with Crippen LogP contribution in [0.5, 0.6) is 0 Å². The number of hydrogen-bond donors (Lipinski definition) is 0. The van der Waals surface area contributed by atoms with E-state index in [0.717, 1.165) is 0 Å². The molecule has 0 saturated heterocycles. The summed E-state index contributed by atoms with van der Waals surface area (Å²) in [5, 5.41) is 0. The van der Waals surface area contributed by atoms with Gasteiger partial charge in [-0.1, -0.05) is 0 Å². The average molecular weight is 74.0 g/mol. The van der Waals surface area contributed by atoms with E-state index < -0.39 is 0 Å². The van der Waals surface area contributed by atoms with Crippen molar-refractivity contribution in [3.8, 4) is 0 Å². The second-order valence-electron chi connectivity index (χ2n) is 0. The zero-order chi connectivity index (χ0) is 4.00. The quantitative estimate of drug-likeness (QED) is 0.347. The van der Waals surface area contributed by atoms with E-state index in [0.29, 0.717) is 16.2 Å². The van der Waals surface area contributed by atoms with E-state index in [2.05, 4.69) is 0 Å². The van der Waals surface area contributed by atoms with Gasteiger partial charge in [-0.15, -0.1) is 0 Å². The molecule has 0 aromatic rings. The molecule has 0 bridgehead atoms. The molecule has 0 N–H and O–H groups in total. The van der Waals surface area contributed by atoms with E-state index in [1.54, 1.807) is 0 Å². The SMILES string of the molecule is C=O.[O]=[AlH]. The van der Waals surface area contributed by atoms with E-state index in [9.17, 15) is 0 Å². The molecule has 0 aromatic heterocycles. The van der Waals surface area contributed by atoms with Crippen molar-refractivity contribution in [1.29, 1.82) is 0 Å². The fourth-order valence-electron chi connectivity index (χ4n) is 0. The Morgan fingerprint density at radius 1 is 1.25 bits per heavy atom. The number of carbonyl (C=O) groups is 1. The molecule has 3 heteroatoms. The molecule has 0 unspecified atom stereocenters. The van der Waals surface area contributed by atoms with Crippen molar-refractivity contribution < 1.29 is 8.60 Å². The fraction of sp³-hybridized carbons (Fsp3) is 0. The summed E-state index contributed by atoms with van der Waals surface area (Å²) < 4.78 is 8.28.